The van der Waals surface area contributed by atoms with Gasteiger partial charge in [0.05, 0.1) is 13.2 Å². The highest BCUT2D eigenvalue weighted by atomic mass is 35.5. The first kappa shape index (κ1) is 20.0. The molecule has 140 valence electrons. The van der Waals surface area contributed by atoms with Crippen LogP contribution in [0.5, 0.6) is 5.75 Å². The standard InChI is InChI=1S/C16H23ClN2O5S/c1-2-24-14-4-3-13(17)11-15(14)25(22,23)19-8-5-12(6-9-19)16(21)18-7-10-20/h3-4,11-12,20H,2,5-10H2,1H3,(H,18,21). The lowest BCUT2D eigenvalue weighted by Crippen LogP contribution is -2.43. The topological polar surface area (TPSA) is 95.9 Å². The first-order valence-electron chi connectivity index (χ1n) is 8.21. The molecule has 25 heavy (non-hydrogen) atoms. The molecular formula is C16H23ClN2O5S. The molecule has 1 heterocycles. The molecule has 1 aliphatic heterocycles. The Hall–Kier alpha value is -1.35. The number of benzene rings is 1. The Balaban J connectivity index is 2.12. The molecule has 1 amide bonds. The van der Waals surface area contributed by atoms with Gasteiger partial charge in [-0.3, -0.25) is 4.79 Å². The number of hydrogen-bond acceptors (Lipinski definition) is 5. The third-order valence-electron chi connectivity index (χ3n) is 4.06. The average molecular weight is 391 g/mol. The van der Waals surface area contributed by atoms with Crippen LogP contribution in [0, 0.1) is 5.92 Å². The number of nitrogens with one attached hydrogen (secondary N) is 1. The van der Waals surface area contributed by atoms with E-state index in [1.54, 1.807) is 19.1 Å². The lowest BCUT2D eigenvalue weighted by atomic mass is 9.97. The number of amides is 1. The zero-order chi connectivity index (χ0) is 18.4. The van der Waals surface area contributed by atoms with Crippen LogP contribution in [0.15, 0.2) is 23.1 Å². The number of nitrogens with zero attached hydrogens (tertiary/aromatic N) is 1. The average Bonchev–Trinajstić information content (AvgIpc) is 2.61. The summed E-state index contributed by atoms with van der Waals surface area (Å²) < 4.78 is 32.7. The van der Waals surface area contributed by atoms with Gasteiger partial charge in [-0.15, -0.1) is 0 Å². The van der Waals surface area contributed by atoms with Gasteiger partial charge in [-0.25, -0.2) is 8.42 Å². The number of aliphatic hydroxyl groups is 1. The van der Waals surface area contributed by atoms with Gasteiger partial charge < -0.3 is 15.2 Å². The van der Waals surface area contributed by atoms with Gasteiger partial charge in [0.1, 0.15) is 10.6 Å². The minimum Gasteiger partial charge on any atom is -0.492 e. The van der Waals surface area contributed by atoms with Gasteiger partial charge in [-0.05, 0) is 38.0 Å². The Kier molecular flexibility index (Phi) is 7.06. The van der Waals surface area contributed by atoms with Gasteiger partial charge in [-0.1, -0.05) is 11.6 Å². The molecule has 0 radical (unpaired) electrons. The minimum absolute atomic E-state index is 0.0463. The third kappa shape index (κ3) is 4.84. The van der Waals surface area contributed by atoms with E-state index in [1.165, 1.54) is 10.4 Å². The number of rotatable bonds is 7. The van der Waals surface area contributed by atoms with Crippen LogP contribution in [-0.2, 0) is 14.8 Å². The van der Waals surface area contributed by atoms with Gasteiger partial charge in [0, 0.05) is 30.6 Å². The van der Waals surface area contributed by atoms with Crippen molar-refractivity contribution in [2.24, 2.45) is 5.92 Å². The van der Waals surface area contributed by atoms with E-state index < -0.39 is 10.0 Å². The van der Waals surface area contributed by atoms with Crippen LogP contribution in [-0.4, -0.2) is 56.6 Å². The van der Waals surface area contributed by atoms with Crippen LogP contribution in [0.4, 0.5) is 0 Å². The number of piperidine rings is 1. The van der Waals surface area contributed by atoms with Crippen molar-refractivity contribution in [3.8, 4) is 5.75 Å². The van der Waals surface area contributed by atoms with E-state index in [0.29, 0.717) is 24.5 Å². The van der Waals surface area contributed by atoms with E-state index in [1.807, 2.05) is 0 Å². The molecule has 1 fully saturated rings. The van der Waals surface area contributed by atoms with Gasteiger partial charge in [0.25, 0.3) is 0 Å². The van der Waals surface area contributed by atoms with Crippen molar-refractivity contribution in [2.45, 2.75) is 24.7 Å². The normalized spacial score (nSPS) is 16.6. The highest BCUT2D eigenvalue weighted by Crippen LogP contribution is 2.32. The molecule has 0 aliphatic carbocycles. The number of carbonyl (C=O) groups excluding carboxylic acids is 1. The largest absolute Gasteiger partial charge is 0.492 e. The number of hydrogen-bond donors (Lipinski definition) is 2. The maximum atomic E-state index is 12.9. The lowest BCUT2D eigenvalue weighted by molar-refractivity contribution is -0.126. The van der Waals surface area contributed by atoms with Gasteiger partial charge in [0.2, 0.25) is 15.9 Å². The van der Waals surface area contributed by atoms with Crippen molar-refractivity contribution in [1.82, 2.24) is 9.62 Å². The fourth-order valence-electron chi connectivity index (χ4n) is 2.78. The predicted octanol–water partition coefficient (Wildman–Crippen LogP) is 1.25. The zero-order valence-corrected chi connectivity index (χ0v) is 15.6. The van der Waals surface area contributed by atoms with E-state index >= 15 is 0 Å². The second kappa shape index (κ2) is 8.84. The number of ether oxygens (including phenoxy) is 1. The summed E-state index contributed by atoms with van der Waals surface area (Å²) in [6, 6.07) is 4.53. The van der Waals surface area contributed by atoms with E-state index in [4.69, 9.17) is 21.4 Å². The summed E-state index contributed by atoms with van der Waals surface area (Å²) in [4.78, 5) is 12.0. The first-order chi connectivity index (χ1) is 11.9. The van der Waals surface area contributed by atoms with Crippen LogP contribution >= 0.6 is 11.6 Å². The van der Waals surface area contributed by atoms with Gasteiger partial charge in [-0.2, -0.15) is 4.31 Å². The number of aliphatic hydroxyl groups excluding tert-OH is 1. The molecule has 9 heteroatoms. The Bertz CT molecular complexity index is 702. The summed E-state index contributed by atoms with van der Waals surface area (Å²) in [5.41, 5.74) is 0. The van der Waals surface area contributed by atoms with Crippen molar-refractivity contribution in [3.63, 3.8) is 0 Å². The predicted molar refractivity (Wildman–Crippen MR) is 94.2 cm³/mol. The van der Waals surface area contributed by atoms with Crippen LogP contribution in [0.2, 0.25) is 5.02 Å². The highest BCUT2D eigenvalue weighted by Gasteiger charge is 2.33. The summed E-state index contributed by atoms with van der Waals surface area (Å²) >= 11 is 5.96. The summed E-state index contributed by atoms with van der Waals surface area (Å²) in [6.45, 7) is 2.71. The van der Waals surface area contributed by atoms with E-state index in [0.717, 1.165) is 0 Å². The number of sulfonamides is 1. The van der Waals surface area contributed by atoms with Crippen molar-refractivity contribution in [3.05, 3.63) is 23.2 Å². The smallest absolute Gasteiger partial charge is 0.246 e. The quantitative estimate of drug-likeness (QED) is 0.730. The molecule has 7 nitrogen and oxygen atoms in total. The number of halogens is 1. The second-order valence-electron chi connectivity index (χ2n) is 5.72. The van der Waals surface area contributed by atoms with Crippen LogP contribution in [0.3, 0.4) is 0 Å². The molecule has 0 atom stereocenters. The number of carbonyl (C=O) groups is 1. The first-order valence-corrected chi connectivity index (χ1v) is 10.0. The SMILES string of the molecule is CCOc1ccc(Cl)cc1S(=O)(=O)N1CCC(C(=O)NCCO)CC1. The Labute approximate surface area is 153 Å². The van der Waals surface area contributed by atoms with E-state index in [9.17, 15) is 13.2 Å². The van der Waals surface area contributed by atoms with Gasteiger partial charge in [0.15, 0.2) is 0 Å². The maximum Gasteiger partial charge on any atom is 0.246 e. The Morgan fingerprint density at radius 2 is 2.08 bits per heavy atom. The second-order valence-corrected chi connectivity index (χ2v) is 8.06. The molecule has 0 bridgehead atoms. The summed E-state index contributed by atoms with van der Waals surface area (Å²) in [5, 5.41) is 11.7. The van der Waals surface area contributed by atoms with Crippen molar-refractivity contribution < 1.29 is 23.1 Å². The molecule has 2 N–H and O–H groups in total. The molecule has 1 aromatic carbocycles. The molecule has 0 saturated carbocycles. The van der Waals surface area contributed by atoms with Crippen molar-refractivity contribution >= 4 is 27.5 Å². The maximum absolute atomic E-state index is 12.9. The summed E-state index contributed by atoms with van der Waals surface area (Å²) in [6.07, 6.45) is 0.863. The third-order valence-corrected chi connectivity index (χ3v) is 6.21. The summed E-state index contributed by atoms with van der Waals surface area (Å²) in [7, 11) is -3.75. The Morgan fingerprint density at radius 1 is 1.40 bits per heavy atom. The van der Waals surface area contributed by atoms with E-state index in [2.05, 4.69) is 5.32 Å². The molecule has 1 saturated heterocycles. The van der Waals surface area contributed by atoms with E-state index in [-0.39, 0.29) is 48.7 Å². The summed E-state index contributed by atoms with van der Waals surface area (Å²) in [5.74, 6) is -0.123. The minimum atomic E-state index is -3.75. The monoisotopic (exact) mass is 390 g/mol. The van der Waals surface area contributed by atoms with Gasteiger partial charge >= 0.3 is 0 Å². The van der Waals surface area contributed by atoms with Crippen LogP contribution < -0.4 is 10.1 Å². The molecule has 2 rings (SSSR count). The lowest BCUT2D eigenvalue weighted by Gasteiger charge is -2.31. The van der Waals surface area contributed by atoms with Crippen LogP contribution in [0.25, 0.3) is 0 Å². The zero-order valence-electron chi connectivity index (χ0n) is 14.1. The fourth-order valence-corrected chi connectivity index (χ4v) is 4.64. The molecule has 1 aliphatic rings. The molecule has 1 aromatic rings. The Morgan fingerprint density at radius 3 is 2.68 bits per heavy atom. The molecule has 0 spiro atoms. The van der Waals surface area contributed by atoms with Crippen molar-refractivity contribution in [1.29, 1.82) is 0 Å². The van der Waals surface area contributed by atoms with Crippen molar-refractivity contribution in [2.75, 3.05) is 32.8 Å². The molecule has 0 unspecified atom stereocenters. The molecular weight excluding hydrogens is 368 g/mol. The fraction of sp³-hybridized carbons (Fsp3) is 0.562. The molecule has 0 aromatic heterocycles. The van der Waals surface area contributed by atoms with Crippen LogP contribution in [0.1, 0.15) is 19.8 Å². The highest BCUT2D eigenvalue weighted by molar-refractivity contribution is 7.89.